The number of amides is 1. The van der Waals surface area contributed by atoms with Crippen LogP contribution >= 0.6 is 0 Å². The molecule has 208 valence electrons. The number of furan rings is 1. The Balaban J connectivity index is 1.48. The minimum absolute atomic E-state index is 0.0155. The summed E-state index contributed by atoms with van der Waals surface area (Å²) in [6, 6.07) is 15.0. The van der Waals surface area contributed by atoms with Crippen LogP contribution in [0.1, 0.15) is 49.8 Å². The third-order valence-corrected chi connectivity index (χ3v) is 7.09. The van der Waals surface area contributed by atoms with E-state index in [2.05, 4.69) is 6.92 Å². The predicted octanol–water partition coefficient (Wildman–Crippen LogP) is 6.59. The first-order valence-electron chi connectivity index (χ1n) is 13.0. The summed E-state index contributed by atoms with van der Waals surface area (Å²) in [5, 5.41) is 0. The summed E-state index contributed by atoms with van der Waals surface area (Å²) in [7, 11) is 0. The van der Waals surface area contributed by atoms with Gasteiger partial charge in [-0.15, -0.1) is 0 Å². The molecule has 2 aromatic carbocycles. The molecule has 0 radical (unpaired) electrons. The summed E-state index contributed by atoms with van der Waals surface area (Å²) < 4.78 is 62.4. The lowest BCUT2D eigenvalue weighted by Crippen LogP contribution is -2.44. The van der Waals surface area contributed by atoms with E-state index in [1.54, 1.807) is 0 Å². The highest BCUT2D eigenvalue weighted by molar-refractivity contribution is 5.95. The van der Waals surface area contributed by atoms with Gasteiger partial charge in [-0.3, -0.25) is 4.79 Å². The van der Waals surface area contributed by atoms with Gasteiger partial charge in [-0.2, -0.15) is 13.2 Å². The molecule has 0 N–H and O–H groups in total. The van der Waals surface area contributed by atoms with Crippen molar-refractivity contribution in [2.24, 2.45) is 5.41 Å². The Bertz CT molecular complexity index is 1340. The number of aryl methyl sites for hydroxylation is 1. The van der Waals surface area contributed by atoms with Gasteiger partial charge in [-0.1, -0.05) is 31.2 Å². The third kappa shape index (κ3) is 6.24. The second-order valence-electron chi connectivity index (χ2n) is 11.3. The molecule has 5 rings (SSSR count). The average molecular weight is 544 g/mol. The average Bonchev–Trinajstić information content (AvgIpc) is 3.34. The number of nitrogens with zero attached hydrogens (tertiary/aromatic N) is 1. The molecule has 3 heterocycles. The van der Waals surface area contributed by atoms with E-state index in [0.29, 0.717) is 55.4 Å². The second-order valence-corrected chi connectivity index (χ2v) is 11.3. The quantitative estimate of drug-likeness (QED) is 0.363. The Hall–Kier alpha value is -3.46. The van der Waals surface area contributed by atoms with Gasteiger partial charge in [0.1, 0.15) is 22.9 Å². The van der Waals surface area contributed by atoms with Gasteiger partial charge in [0.2, 0.25) is 11.7 Å². The van der Waals surface area contributed by atoms with Crippen LogP contribution < -0.4 is 14.4 Å². The fourth-order valence-corrected chi connectivity index (χ4v) is 4.76. The van der Waals surface area contributed by atoms with Gasteiger partial charge in [0.05, 0.1) is 32.8 Å². The molecule has 0 saturated carbocycles. The summed E-state index contributed by atoms with van der Waals surface area (Å²) in [6.07, 6.45) is -3.37. The molecule has 1 fully saturated rings. The molecule has 1 aromatic heterocycles. The lowest BCUT2D eigenvalue weighted by atomic mass is 9.90. The number of carbonyl (C=O) groups is 1. The maximum Gasteiger partial charge on any atom is 0.449 e. The smallest absolute Gasteiger partial charge is 0.449 e. The first-order valence-corrected chi connectivity index (χ1v) is 13.0. The van der Waals surface area contributed by atoms with Crippen molar-refractivity contribution < 1.29 is 36.6 Å². The summed E-state index contributed by atoms with van der Waals surface area (Å²) in [5.74, 6) is -0.148. The SMILES string of the molecule is CC1(COc2ccc3c(c2)OC(C)(C)CCc2ccccc2N(Cc2ccc(C(F)(F)F)o2)C(=O)C3)COC1. The standard InChI is InChI=1S/C30H32F3NO5/c1-28(2)13-12-20-6-4-5-7-24(20)34(16-23-10-11-26(38-23)30(31,32)33)27(35)14-21-8-9-22(15-25(21)39-28)37-19-29(3)17-36-18-29/h4-11,15H,12-14,16-19H2,1-3H3. The summed E-state index contributed by atoms with van der Waals surface area (Å²) >= 11 is 0. The highest BCUT2D eigenvalue weighted by atomic mass is 19.4. The van der Waals surface area contributed by atoms with E-state index in [1.165, 1.54) is 11.0 Å². The number of hydrogen-bond acceptors (Lipinski definition) is 5. The van der Waals surface area contributed by atoms with Crippen LogP contribution in [0.3, 0.4) is 0 Å². The number of carbonyl (C=O) groups excluding carboxylic acids is 1. The predicted molar refractivity (Wildman–Crippen MR) is 139 cm³/mol. The topological polar surface area (TPSA) is 61.1 Å². The number of alkyl halides is 3. The zero-order valence-electron chi connectivity index (χ0n) is 22.3. The Kier molecular flexibility index (Phi) is 7.13. The van der Waals surface area contributed by atoms with Gasteiger partial charge in [0.25, 0.3) is 0 Å². The Morgan fingerprint density at radius 2 is 1.77 bits per heavy atom. The van der Waals surface area contributed by atoms with Crippen LogP contribution in [-0.2, 0) is 35.1 Å². The van der Waals surface area contributed by atoms with Crippen LogP contribution in [0.25, 0.3) is 0 Å². The number of para-hydroxylation sites is 1. The normalized spacial score (nSPS) is 18.7. The summed E-state index contributed by atoms with van der Waals surface area (Å²) in [5.41, 5.74) is 1.62. The zero-order valence-corrected chi connectivity index (χ0v) is 22.3. The number of fused-ring (bicyclic) bond motifs is 2. The molecule has 0 unspecified atom stereocenters. The fraction of sp³-hybridized carbons (Fsp3) is 0.433. The Morgan fingerprint density at radius 1 is 1.00 bits per heavy atom. The molecule has 0 aliphatic carbocycles. The highest BCUT2D eigenvalue weighted by Crippen LogP contribution is 2.36. The summed E-state index contributed by atoms with van der Waals surface area (Å²) in [4.78, 5) is 15.3. The fourth-order valence-electron chi connectivity index (χ4n) is 4.76. The molecular formula is C30H32F3NO5. The van der Waals surface area contributed by atoms with Gasteiger partial charge >= 0.3 is 6.18 Å². The number of rotatable bonds is 5. The van der Waals surface area contributed by atoms with Crippen molar-refractivity contribution in [2.75, 3.05) is 24.7 Å². The molecule has 2 aliphatic rings. The second kappa shape index (κ2) is 10.3. The van der Waals surface area contributed by atoms with E-state index < -0.39 is 17.5 Å². The van der Waals surface area contributed by atoms with Crippen LogP contribution in [-0.4, -0.2) is 31.3 Å². The van der Waals surface area contributed by atoms with E-state index in [0.717, 1.165) is 11.6 Å². The minimum Gasteiger partial charge on any atom is -0.493 e. The first-order chi connectivity index (χ1) is 18.4. The maximum absolute atomic E-state index is 13.8. The maximum atomic E-state index is 13.8. The van der Waals surface area contributed by atoms with Crippen molar-refractivity contribution in [1.29, 1.82) is 0 Å². The molecule has 0 atom stereocenters. The van der Waals surface area contributed by atoms with Gasteiger partial charge < -0.3 is 23.5 Å². The Labute approximate surface area is 225 Å². The van der Waals surface area contributed by atoms with Crippen LogP contribution in [0.15, 0.2) is 59.0 Å². The van der Waals surface area contributed by atoms with E-state index in [9.17, 15) is 18.0 Å². The monoisotopic (exact) mass is 543 g/mol. The largest absolute Gasteiger partial charge is 0.493 e. The lowest BCUT2D eigenvalue weighted by molar-refractivity contribution is -0.153. The first kappa shape index (κ1) is 27.1. The molecule has 0 spiro atoms. The van der Waals surface area contributed by atoms with E-state index in [1.807, 2.05) is 56.3 Å². The van der Waals surface area contributed by atoms with Crippen LogP contribution in [0, 0.1) is 5.41 Å². The zero-order chi connectivity index (χ0) is 27.8. The van der Waals surface area contributed by atoms with Crippen molar-refractivity contribution in [3.63, 3.8) is 0 Å². The van der Waals surface area contributed by atoms with Crippen molar-refractivity contribution in [3.05, 3.63) is 77.2 Å². The highest BCUT2D eigenvalue weighted by Gasteiger charge is 2.36. The molecular weight excluding hydrogens is 511 g/mol. The molecule has 3 aromatic rings. The summed E-state index contributed by atoms with van der Waals surface area (Å²) in [6.45, 7) is 7.76. The van der Waals surface area contributed by atoms with Crippen molar-refractivity contribution in [1.82, 2.24) is 0 Å². The molecule has 1 amide bonds. The number of benzene rings is 2. The minimum atomic E-state index is -4.60. The molecule has 39 heavy (non-hydrogen) atoms. The molecule has 1 saturated heterocycles. The van der Waals surface area contributed by atoms with Gasteiger partial charge in [-0.25, -0.2) is 0 Å². The number of halogens is 3. The van der Waals surface area contributed by atoms with Gasteiger partial charge in [-0.05, 0) is 56.5 Å². The number of ether oxygens (including phenoxy) is 3. The van der Waals surface area contributed by atoms with Crippen LogP contribution in [0.2, 0.25) is 0 Å². The van der Waals surface area contributed by atoms with Crippen molar-refractivity contribution in [2.45, 2.75) is 58.4 Å². The van der Waals surface area contributed by atoms with Crippen molar-refractivity contribution in [3.8, 4) is 11.5 Å². The van der Waals surface area contributed by atoms with Crippen LogP contribution in [0.5, 0.6) is 11.5 Å². The van der Waals surface area contributed by atoms with Crippen LogP contribution in [0.4, 0.5) is 18.9 Å². The van der Waals surface area contributed by atoms with Crippen molar-refractivity contribution >= 4 is 11.6 Å². The lowest BCUT2D eigenvalue weighted by Gasteiger charge is -2.37. The van der Waals surface area contributed by atoms with E-state index in [4.69, 9.17) is 18.6 Å². The Morgan fingerprint density at radius 3 is 2.46 bits per heavy atom. The van der Waals surface area contributed by atoms with E-state index in [-0.39, 0.29) is 30.0 Å². The molecule has 2 aliphatic heterocycles. The van der Waals surface area contributed by atoms with Gasteiger partial charge in [0, 0.05) is 22.7 Å². The molecule has 0 bridgehead atoms. The number of anilines is 1. The third-order valence-electron chi connectivity index (χ3n) is 7.09. The van der Waals surface area contributed by atoms with Gasteiger partial charge in [0.15, 0.2) is 0 Å². The number of hydrogen-bond donors (Lipinski definition) is 0. The van der Waals surface area contributed by atoms with E-state index >= 15 is 0 Å². The molecule has 6 nitrogen and oxygen atoms in total. The molecule has 9 heteroatoms.